The zero-order valence-corrected chi connectivity index (χ0v) is 17.2. The fourth-order valence-corrected chi connectivity index (χ4v) is 3.77. The van der Waals surface area contributed by atoms with Crippen LogP contribution >= 0.6 is 0 Å². The predicted octanol–water partition coefficient (Wildman–Crippen LogP) is 3.52. The Morgan fingerprint density at radius 1 is 1.21 bits per heavy atom. The molecule has 1 aliphatic heterocycles. The zero-order valence-electron chi connectivity index (χ0n) is 17.2. The minimum atomic E-state index is 0.224. The zero-order chi connectivity index (χ0) is 19.8. The first-order valence-corrected chi connectivity index (χ1v) is 10.0. The molecule has 1 saturated heterocycles. The van der Waals surface area contributed by atoms with E-state index in [1.54, 1.807) is 13.4 Å². The lowest BCUT2D eigenvalue weighted by atomic mass is 10.1. The van der Waals surface area contributed by atoms with E-state index in [9.17, 15) is 0 Å². The van der Waals surface area contributed by atoms with Crippen LogP contribution in [0.4, 0.5) is 0 Å². The molecule has 1 aromatic carbocycles. The van der Waals surface area contributed by atoms with Gasteiger partial charge >= 0.3 is 0 Å². The minimum Gasteiger partial charge on any atom is -0.497 e. The summed E-state index contributed by atoms with van der Waals surface area (Å²) in [5, 5.41) is 3.55. The molecule has 152 valence electrons. The fraction of sp³-hybridized carbons (Fsp3) is 0.500. The monoisotopic (exact) mass is 384 g/mol. The van der Waals surface area contributed by atoms with Crippen LogP contribution in [0.15, 0.2) is 52.1 Å². The Labute approximate surface area is 168 Å². The summed E-state index contributed by atoms with van der Waals surface area (Å²) in [7, 11) is 5.57. The lowest BCUT2D eigenvalue weighted by Crippen LogP contribution is -2.44. The predicted molar refractivity (Wildman–Crippen MR) is 113 cm³/mol. The first-order chi connectivity index (χ1) is 13.7. The molecule has 1 aliphatic rings. The molecule has 0 spiro atoms. The van der Waals surface area contributed by atoms with Crippen molar-refractivity contribution in [3.8, 4) is 5.75 Å². The molecule has 1 unspecified atom stereocenters. The van der Waals surface area contributed by atoms with Gasteiger partial charge in [-0.15, -0.1) is 0 Å². The maximum Gasteiger partial charge on any atom is 0.193 e. The third-order valence-corrected chi connectivity index (χ3v) is 5.31. The number of hydrogen-bond donors (Lipinski definition) is 1. The Morgan fingerprint density at radius 2 is 1.96 bits per heavy atom. The second-order valence-electron chi connectivity index (χ2n) is 7.26. The number of piperidine rings is 1. The average molecular weight is 385 g/mol. The van der Waals surface area contributed by atoms with Crippen molar-refractivity contribution >= 4 is 5.96 Å². The lowest BCUT2D eigenvalue weighted by Gasteiger charge is -2.34. The van der Waals surface area contributed by atoms with Crippen molar-refractivity contribution in [1.29, 1.82) is 0 Å². The second-order valence-corrected chi connectivity index (χ2v) is 7.26. The summed E-state index contributed by atoms with van der Waals surface area (Å²) in [5.41, 5.74) is 1.21. The number of nitrogens with zero attached hydrogens (tertiary/aromatic N) is 3. The van der Waals surface area contributed by atoms with E-state index in [-0.39, 0.29) is 6.04 Å². The Hall–Kier alpha value is -2.47. The van der Waals surface area contributed by atoms with E-state index in [0.29, 0.717) is 0 Å². The van der Waals surface area contributed by atoms with Gasteiger partial charge in [0, 0.05) is 27.2 Å². The van der Waals surface area contributed by atoms with Gasteiger partial charge in [0.15, 0.2) is 5.96 Å². The molecule has 0 bridgehead atoms. The van der Waals surface area contributed by atoms with Crippen molar-refractivity contribution in [2.24, 2.45) is 4.99 Å². The highest BCUT2D eigenvalue weighted by Crippen LogP contribution is 2.24. The minimum absolute atomic E-state index is 0.224. The number of ether oxygens (including phenoxy) is 1. The van der Waals surface area contributed by atoms with E-state index in [0.717, 1.165) is 43.6 Å². The van der Waals surface area contributed by atoms with Gasteiger partial charge in [-0.3, -0.25) is 9.89 Å². The van der Waals surface area contributed by atoms with Crippen LogP contribution in [0.1, 0.15) is 36.6 Å². The van der Waals surface area contributed by atoms with Gasteiger partial charge in [-0.05, 0) is 55.8 Å². The van der Waals surface area contributed by atoms with E-state index in [1.165, 1.54) is 24.8 Å². The number of furan rings is 1. The van der Waals surface area contributed by atoms with Crippen molar-refractivity contribution in [3.05, 3.63) is 54.0 Å². The summed E-state index contributed by atoms with van der Waals surface area (Å²) in [6, 6.07) is 12.4. The Bertz CT molecular complexity index is 722. The number of likely N-dealkylation sites (tertiary alicyclic amines) is 1. The number of guanidine groups is 1. The molecule has 3 rings (SSSR count). The maximum absolute atomic E-state index is 5.75. The van der Waals surface area contributed by atoms with E-state index in [2.05, 4.69) is 45.4 Å². The molecule has 2 aromatic rings. The number of aliphatic imine (C=N–C) groups is 1. The molecule has 2 heterocycles. The standard InChI is InChI=1S/C22H32N4O2/c1-23-22(25(2)17-18-9-11-19(27-3)12-10-18)24-16-20(21-8-7-15-28-21)26-13-5-4-6-14-26/h7-12,15,20H,4-6,13-14,16-17H2,1-3H3,(H,23,24). The SMILES string of the molecule is CN=C(NCC(c1ccco1)N1CCCCC1)N(C)Cc1ccc(OC)cc1. The van der Waals surface area contributed by atoms with Gasteiger partial charge in [-0.1, -0.05) is 18.6 Å². The van der Waals surface area contributed by atoms with Crippen LogP contribution in [0.2, 0.25) is 0 Å². The summed E-state index contributed by atoms with van der Waals surface area (Å²) < 4.78 is 11.0. The molecule has 0 aliphatic carbocycles. The van der Waals surface area contributed by atoms with Gasteiger partial charge in [0.05, 0.1) is 19.4 Å². The van der Waals surface area contributed by atoms with E-state index >= 15 is 0 Å². The van der Waals surface area contributed by atoms with Crippen molar-refractivity contribution in [2.45, 2.75) is 31.8 Å². The fourth-order valence-electron chi connectivity index (χ4n) is 3.77. The quantitative estimate of drug-likeness (QED) is 0.585. The number of methoxy groups -OCH3 is 1. The topological polar surface area (TPSA) is 53.2 Å². The third kappa shape index (κ3) is 5.29. The summed E-state index contributed by atoms with van der Waals surface area (Å²) in [6.07, 6.45) is 5.59. The van der Waals surface area contributed by atoms with Crippen molar-refractivity contribution < 1.29 is 9.15 Å². The molecule has 0 radical (unpaired) electrons. The van der Waals surface area contributed by atoms with Crippen LogP contribution in [0, 0.1) is 0 Å². The highest BCUT2D eigenvalue weighted by atomic mass is 16.5. The van der Waals surface area contributed by atoms with Crippen molar-refractivity contribution in [1.82, 2.24) is 15.1 Å². The molecule has 1 fully saturated rings. The molecule has 0 saturated carbocycles. The molecule has 28 heavy (non-hydrogen) atoms. The lowest BCUT2D eigenvalue weighted by molar-refractivity contribution is 0.146. The van der Waals surface area contributed by atoms with Crippen LogP contribution in [-0.4, -0.2) is 56.6 Å². The van der Waals surface area contributed by atoms with Crippen LogP contribution in [0.5, 0.6) is 5.75 Å². The molecular formula is C22H32N4O2. The number of hydrogen-bond acceptors (Lipinski definition) is 4. The summed E-state index contributed by atoms with van der Waals surface area (Å²) >= 11 is 0. The Kier molecular flexibility index (Phi) is 7.37. The largest absolute Gasteiger partial charge is 0.497 e. The van der Waals surface area contributed by atoms with Crippen molar-refractivity contribution in [3.63, 3.8) is 0 Å². The number of nitrogens with one attached hydrogen (secondary N) is 1. The van der Waals surface area contributed by atoms with Gasteiger partial charge in [0.2, 0.25) is 0 Å². The molecule has 6 heteroatoms. The first-order valence-electron chi connectivity index (χ1n) is 10.0. The molecule has 0 amide bonds. The highest BCUT2D eigenvalue weighted by Gasteiger charge is 2.25. The number of rotatable bonds is 7. The average Bonchev–Trinajstić information content (AvgIpc) is 3.27. The van der Waals surface area contributed by atoms with Crippen molar-refractivity contribution in [2.75, 3.05) is 40.8 Å². The summed E-state index contributed by atoms with van der Waals surface area (Å²) in [6.45, 7) is 3.78. The highest BCUT2D eigenvalue weighted by molar-refractivity contribution is 5.79. The maximum atomic E-state index is 5.75. The number of benzene rings is 1. The smallest absolute Gasteiger partial charge is 0.193 e. The van der Waals surface area contributed by atoms with E-state index in [4.69, 9.17) is 9.15 Å². The Balaban J connectivity index is 1.61. The summed E-state index contributed by atoms with van der Waals surface area (Å²) in [5.74, 6) is 2.77. The summed E-state index contributed by atoms with van der Waals surface area (Å²) in [4.78, 5) is 9.13. The van der Waals surface area contributed by atoms with Gasteiger partial charge in [-0.25, -0.2) is 0 Å². The second kappa shape index (κ2) is 10.2. The van der Waals surface area contributed by atoms with Crippen LogP contribution in [-0.2, 0) is 6.54 Å². The van der Waals surface area contributed by atoms with Crippen LogP contribution < -0.4 is 10.1 Å². The van der Waals surface area contributed by atoms with E-state index < -0.39 is 0 Å². The van der Waals surface area contributed by atoms with Gasteiger partial charge in [0.1, 0.15) is 11.5 Å². The molecule has 1 aromatic heterocycles. The van der Waals surface area contributed by atoms with Gasteiger partial charge in [-0.2, -0.15) is 0 Å². The van der Waals surface area contributed by atoms with E-state index in [1.807, 2.05) is 25.2 Å². The molecule has 1 N–H and O–H groups in total. The molecule has 6 nitrogen and oxygen atoms in total. The van der Waals surface area contributed by atoms with Crippen LogP contribution in [0.3, 0.4) is 0 Å². The van der Waals surface area contributed by atoms with Gasteiger partial charge in [0.25, 0.3) is 0 Å². The Morgan fingerprint density at radius 3 is 2.57 bits per heavy atom. The molecular weight excluding hydrogens is 352 g/mol. The van der Waals surface area contributed by atoms with Gasteiger partial charge < -0.3 is 19.4 Å². The first kappa shape index (κ1) is 20.3. The third-order valence-electron chi connectivity index (χ3n) is 5.31. The normalized spacial score (nSPS) is 16.6. The van der Waals surface area contributed by atoms with Crippen LogP contribution in [0.25, 0.3) is 0 Å². The molecule has 1 atom stereocenters.